The quantitative estimate of drug-likeness (QED) is 0.380. The lowest BCUT2D eigenvalue weighted by molar-refractivity contribution is -0.113. The molecule has 3 aromatic carbocycles. The van der Waals surface area contributed by atoms with E-state index in [1.807, 2.05) is 6.07 Å². The summed E-state index contributed by atoms with van der Waals surface area (Å²) in [5.41, 5.74) is 2.17. The second-order valence-electron chi connectivity index (χ2n) is 6.86. The third kappa shape index (κ3) is 4.76. The zero-order chi connectivity index (χ0) is 22.7. The average Bonchev–Trinajstić information content (AvgIpc) is 3.07. The number of halogens is 1. The SMILES string of the molecule is COc1cc(/C=C2\SC(=S)N(c3ccc(O)cc3)C2=O)ccc1OCc1ccc(F)cc1. The van der Waals surface area contributed by atoms with Gasteiger partial charge in [0, 0.05) is 0 Å². The lowest BCUT2D eigenvalue weighted by atomic mass is 10.1. The molecule has 8 heteroatoms. The Labute approximate surface area is 194 Å². The fourth-order valence-electron chi connectivity index (χ4n) is 3.08. The predicted octanol–water partition coefficient (Wildman–Crippen LogP) is 5.52. The van der Waals surface area contributed by atoms with Gasteiger partial charge >= 0.3 is 0 Å². The second-order valence-corrected chi connectivity index (χ2v) is 8.53. The summed E-state index contributed by atoms with van der Waals surface area (Å²) in [6, 6.07) is 17.7. The summed E-state index contributed by atoms with van der Waals surface area (Å²) in [7, 11) is 1.54. The van der Waals surface area contributed by atoms with Crippen molar-refractivity contribution in [1.82, 2.24) is 0 Å². The van der Waals surface area contributed by atoms with Crippen molar-refractivity contribution in [3.63, 3.8) is 0 Å². The maximum atomic E-state index is 13.1. The Bertz CT molecular complexity index is 1190. The van der Waals surface area contributed by atoms with E-state index in [4.69, 9.17) is 21.7 Å². The van der Waals surface area contributed by atoms with Crippen LogP contribution in [0.15, 0.2) is 71.6 Å². The Kier molecular flexibility index (Phi) is 6.43. The average molecular weight is 468 g/mol. The lowest BCUT2D eigenvalue weighted by Crippen LogP contribution is -2.27. The van der Waals surface area contributed by atoms with Crippen LogP contribution in [0.1, 0.15) is 11.1 Å². The fraction of sp³-hybridized carbons (Fsp3) is 0.0833. The molecule has 0 atom stereocenters. The van der Waals surface area contributed by atoms with Crippen LogP contribution >= 0.6 is 24.0 Å². The van der Waals surface area contributed by atoms with Gasteiger partial charge in [-0.3, -0.25) is 9.69 Å². The highest BCUT2D eigenvalue weighted by atomic mass is 32.2. The molecule has 1 aliphatic heterocycles. The number of anilines is 1. The van der Waals surface area contributed by atoms with E-state index in [0.29, 0.717) is 26.4 Å². The number of ether oxygens (including phenoxy) is 2. The van der Waals surface area contributed by atoms with E-state index in [2.05, 4.69) is 0 Å². The molecule has 3 aromatic rings. The molecule has 0 saturated carbocycles. The number of carbonyl (C=O) groups is 1. The number of carbonyl (C=O) groups excluding carboxylic acids is 1. The monoisotopic (exact) mass is 467 g/mol. The van der Waals surface area contributed by atoms with Crippen molar-refractivity contribution in [3.05, 3.63) is 88.6 Å². The number of nitrogens with zero attached hydrogens (tertiary/aromatic N) is 1. The van der Waals surface area contributed by atoms with Crippen molar-refractivity contribution in [2.45, 2.75) is 6.61 Å². The fourth-order valence-corrected chi connectivity index (χ4v) is 4.38. The van der Waals surface area contributed by atoms with Gasteiger partial charge < -0.3 is 14.6 Å². The van der Waals surface area contributed by atoms with E-state index in [1.165, 1.54) is 48.0 Å². The van der Waals surface area contributed by atoms with E-state index in [-0.39, 0.29) is 24.1 Å². The summed E-state index contributed by atoms with van der Waals surface area (Å²) < 4.78 is 24.7. The summed E-state index contributed by atoms with van der Waals surface area (Å²) in [6.07, 6.45) is 1.74. The van der Waals surface area contributed by atoms with Gasteiger partial charge in [-0.25, -0.2) is 4.39 Å². The largest absolute Gasteiger partial charge is 0.508 e. The lowest BCUT2D eigenvalue weighted by Gasteiger charge is -2.14. The molecule has 1 heterocycles. The van der Waals surface area contributed by atoms with Crippen LogP contribution in [0.3, 0.4) is 0 Å². The number of phenolic OH excluding ortho intramolecular Hbond substituents is 1. The summed E-state index contributed by atoms with van der Waals surface area (Å²) in [6.45, 7) is 0.265. The molecule has 1 saturated heterocycles. The highest BCUT2D eigenvalue weighted by Gasteiger charge is 2.33. The van der Waals surface area contributed by atoms with Crippen molar-refractivity contribution < 1.29 is 23.8 Å². The summed E-state index contributed by atoms with van der Waals surface area (Å²) >= 11 is 6.59. The number of phenols is 1. The van der Waals surface area contributed by atoms with E-state index >= 15 is 0 Å². The van der Waals surface area contributed by atoms with Crippen molar-refractivity contribution in [2.75, 3.05) is 12.0 Å². The molecule has 0 unspecified atom stereocenters. The van der Waals surface area contributed by atoms with Gasteiger partial charge in [0.25, 0.3) is 5.91 Å². The van der Waals surface area contributed by atoms with Crippen LogP contribution in [0.4, 0.5) is 10.1 Å². The van der Waals surface area contributed by atoms with Gasteiger partial charge in [-0.15, -0.1) is 0 Å². The Morgan fingerprint density at radius 1 is 1.06 bits per heavy atom. The zero-order valence-corrected chi connectivity index (χ0v) is 18.6. The van der Waals surface area contributed by atoms with E-state index in [0.717, 1.165) is 11.1 Å². The number of methoxy groups -OCH3 is 1. The summed E-state index contributed by atoms with van der Waals surface area (Å²) in [4.78, 5) is 14.8. The molecular weight excluding hydrogens is 449 g/mol. The minimum Gasteiger partial charge on any atom is -0.508 e. The normalized spacial score (nSPS) is 14.8. The van der Waals surface area contributed by atoms with Gasteiger partial charge in [0.05, 0.1) is 17.7 Å². The highest BCUT2D eigenvalue weighted by molar-refractivity contribution is 8.27. The standard InChI is InChI=1S/C24H18FNO4S2/c1-29-21-12-16(4-11-20(21)30-14-15-2-5-17(25)6-3-15)13-22-23(28)26(24(31)32-22)18-7-9-19(27)10-8-18/h2-13,27H,14H2,1H3/b22-13-. The molecule has 1 N–H and O–H groups in total. The minimum absolute atomic E-state index is 0.114. The molecule has 162 valence electrons. The molecule has 1 amide bonds. The van der Waals surface area contributed by atoms with Crippen LogP contribution in [0.2, 0.25) is 0 Å². The van der Waals surface area contributed by atoms with Crippen LogP contribution in [0, 0.1) is 5.82 Å². The first-order valence-corrected chi connectivity index (χ1v) is 10.8. The Balaban J connectivity index is 1.52. The molecule has 1 fully saturated rings. The molecule has 5 nitrogen and oxygen atoms in total. The minimum atomic E-state index is -0.300. The first kappa shape index (κ1) is 21.9. The van der Waals surface area contributed by atoms with E-state index < -0.39 is 0 Å². The molecule has 1 aliphatic rings. The summed E-state index contributed by atoms with van der Waals surface area (Å²) in [5.74, 6) is 0.622. The van der Waals surface area contributed by atoms with E-state index in [1.54, 1.807) is 42.5 Å². The molecule has 0 radical (unpaired) electrons. The smallest absolute Gasteiger partial charge is 0.270 e. The van der Waals surface area contributed by atoms with Crippen molar-refractivity contribution >= 4 is 46.0 Å². The van der Waals surface area contributed by atoms with Gasteiger partial charge in [-0.2, -0.15) is 0 Å². The molecule has 0 aliphatic carbocycles. The molecule has 0 aromatic heterocycles. The number of rotatable bonds is 6. The van der Waals surface area contributed by atoms with Crippen molar-refractivity contribution in [3.8, 4) is 17.2 Å². The second kappa shape index (κ2) is 9.42. The maximum Gasteiger partial charge on any atom is 0.270 e. The number of thiocarbonyl (C=S) groups is 1. The van der Waals surface area contributed by atoms with Gasteiger partial charge in [0.15, 0.2) is 15.8 Å². The van der Waals surface area contributed by atoms with Crippen LogP contribution < -0.4 is 14.4 Å². The summed E-state index contributed by atoms with van der Waals surface area (Å²) in [5, 5.41) is 9.47. The number of thioether (sulfide) groups is 1. The van der Waals surface area contributed by atoms with Crippen LogP contribution in [-0.2, 0) is 11.4 Å². The third-order valence-corrected chi connectivity index (χ3v) is 6.00. The molecule has 0 bridgehead atoms. The van der Waals surface area contributed by atoms with Gasteiger partial charge in [-0.05, 0) is 65.7 Å². The Morgan fingerprint density at radius 3 is 2.47 bits per heavy atom. The zero-order valence-electron chi connectivity index (χ0n) is 16.9. The first-order chi connectivity index (χ1) is 15.4. The number of amides is 1. The predicted molar refractivity (Wildman–Crippen MR) is 127 cm³/mol. The topological polar surface area (TPSA) is 59.0 Å². The number of hydrogen-bond acceptors (Lipinski definition) is 6. The first-order valence-electron chi connectivity index (χ1n) is 9.57. The van der Waals surface area contributed by atoms with E-state index in [9.17, 15) is 14.3 Å². The molecule has 4 rings (SSSR count). The van der Waals surface area contributed by atoms with Crippen molar-refractivity contribution in [1.29, 1.82) is 0 Å². The third-order valence-electron chi connectivity index (χ3n) is 4.69. The van der Waals surface area contributed by atoms with Crippen LogP contribution in [0.5, 0.6) is 17.2 Å². The van der Waals surface area contributed by atoms with Gasteiger partial charge in [0.2, 0.25) is 0 Å². The van der Waals surface area contributed by atoms with Crippen molar-refractivity contribution in [2.24, 2.45) is 0 Å². The Morgan fingerprint density at radius 2 is 1.78 bits per heavy atom. The Hall–Kier alpha value is -3.36. The molecule has 32 heavy (non-hydrogen) atoms. The van der Waals surface area contributed by atoms with Crippen LogP contribution in [0.25, 0.3) is 6.08 Å². The molecule has 0 spiro atoms. The van der Waals surface area contributed by atoms with Gasteiger partial charge in [-0.1, -0.05) is 42.2 Å². The number of hydrogen-bond donors (Lipinski definition) is 1. The number of aromatic hydroxyl groups is 1. The highest BCUT2D eigenvalue weighted by Crippen LogP contribution is 2.37. The molecular formula is C24H18FNO4S2. The number of benzene rings is 3. The van der Waals surface area contributed by atoms with Gasteiger partial charge in [0.1, 0.15) is 18.2 Å². The maximum absolute atomic E-state index is 13.1. The van der Waals surface area contributed by atoms with Crippen LogP contribution in [-0.4, -0.2) is 22.4 Å².